The molecule has 1 aliphatic rings. The van der Waals surface area contributed by atoms with E-state index in [0.717, 1.165) is 24.1 Å². The van der Waals surface area contributed by atoms with Gasteiger partial charge in [-0.25, -0.2) is 4.79 Å². The number of hydrogen-bond donors (Lipinski definition) is 0. The fraction of sp³-hybridized carbons (Fsp3) is 0.462. The number of halogens is 1. The maximum atomic E-state index is 11.4. The second-order valence-corrected chi connectivity index (χ2v) is 6.27. The Labute approximate surface area is 120 Å². The number of nitrogens with zero attached hydrogens (tertiary/aromatic N) is 1. The Morgan fingerprint density at radius 2 is 2.17 bits per heavy atom. The van der Waals surface area contributed by atoms with E-state index in [0.29, 0.717) is 5.56 Å². The highest BCUT2D eigenvalue weighted by Crippen LogP contribution is 2.22. The summed E-state index contributed by atoms with van der Waals surface area (Å²) in [5.74, 6) is 2.12. The van der Waals surface area contributed by atoms with Crippen LogP contribution in [0.5, 0.6) is 0 Å². The van der Waals surface area contributed by atoms with Gasteiger partial charge in [-0.2, -0.15) is 11.8 Å². The molecule has 3 nitrogen and oxygen atoms in total. The van der Waals surface area contributed by atoms with Gasteiger partial charge < -0.3 is 4.74 Å². The van der Waals surface area contributed by atoms with Crippen LogP contribution in [0, 0.1) is 0 Å². The van der Waals surface area contributed by atoms with E-state index in [1.807, 2.05) is 30.0 Å². The van der Waals surface area contributed by atoms with Crippen molar-refractivity contribution in [3.63, 3.8) is 0 Å². The zero-order chi connectivity index (χ0) is 13.0. The number of carbonyl (C=O) groups excluding carboxylic acids is 1. The first-order chi connectivity index (χ1) is 8.70. The third-order valence-electron chi connectivity index (χ3n) is 2.97. The molecule has 1 saturated heterocycles. The van der Waals surface area contributed by atoms with Crippen molar-refractivity contribution in [3.8, 4) is 0 Å². The number of carbonyl (C=O) groups is 1. The highest BCUT2D eigenvalue weighted by molar-refractivity contribution is 9.10. The summed E-state index contributed by atoms with van der Waals surface area (Å²) in [5, 5.41) is 0. The number of thioether (sulfide) groups is 1. The Morgan fingerprint density at radius 3 is 2.78 bits per heavy atom. The fourth-order valence-corrected chi connectivity index (χ4v) is 3.40. The molecule has 1 aromatic carbocycles. The highest BCUT2D eigenvalue weighted by atomic mass is 79.9. The Morgan fingerprint density at radius 1 is 1.44 bits per heavy atom. The van der Waals surface area contributed by atoms with E-state index in [-0.39, 0.29) is 5.97 Å². The van der Waals surface area contributed by atoms with Crippen molar-refractivity contribution in [1.29, 1.82) is 0 Å². The number of rotatable bonds is 3. The summed E-state index contributed by atoms with van der Waals surface area (Å²) >= 11 is 5.54. The first kappa shape index (κ1) is 13.9. The topological polar surface area (TPSA) is 29.5 Å². The molecule has 0 radical (unpaired) electrons. The van der Waals surface area contributed by atoms with Crippen molar-refractivity contribution in [2.45, 2.75) is 6.54 Å². The van der Waals surface area contributed by atoms with Crippen molar-refractivity contribution in [1.82, 2.24) is 4.90 Å². The summed E-state index contributed by atoms with van der Waals surface area (Å²) < 4.78 is 5.68. The van der Waals surface area contributed by atoms with E-state index in [2.05, 4.69) is 20.8 Å². The second-order valence-electron chi connectivity index (χ2n) is 4.19. The normalized spacial score (nSPS) is 16.6. The SMILES string of the molecule is COC(=O)c1ccc(CN2CCSCC2)c(Br)c1. The lowest BCUT2D eigenvalue weighted by Crippen LogP contribution is -2.32. The molecule has 98 valence electrons. The standard InChI is InChI=1S/C13H16BrNO2S/c1-17-13(16)10-2-3-11(12(14)8-10)9-15-4-6-18-7-5-15/h2-3,8H,4-7,9H2,1H3. The number of methoxy groups -OCH3 is 1. The van der Waals surface area contributed by atoms with Gasteiger partial charge in [0.05, 0.1) is 12.7 Å². The highest BCUT2D eigenvalue weighted by Gasteiger charge is 2.13. The predicted molar refractivity (Wildman–Crippen MR) is 78.1 cm³/mol. The molecule has 1 aromatic rings. The molecule has 1 aliphatic heterocycles. The zero-order valence-electron chi connectivity index (χ0n) is 10.3. The van der Waals surface area contributed by atoms with Gasteiger partial charge in [0.15, 0.2) is 0 Å². The molecule has 2 rings (SSSR count). The number of ether oxygens (including phenoxy) is 1. The van der Waals surface area contributed by atoms with E-state index >= 15 is 0 Å². The molecule has 0 aromatic heterocycles. The van der Waals surface area contributed by atoms with Gasteiger partial charge in [-0.15, -0.1) is 0 Å². The van der Waals surface area contributed by atoms with Gasteiger partial charge in [0, 0.05) is 35.6 Å². The van der Waals surface area contributed by atoms with Gasteiger partial charge in [-0.3, -0.25) is 4.90 Å². The molecule has 18 heavy (non-hydrogen) atoms. The second kappa shape index (κ2) is 6.59. The summed E-state index contributed by atoms with van der Waals surface area (Å²) in [4.78, 5) is 13.8. The quantitative estimate of drug-likeness (QED) is 0.797. The number of hydrogen-bond acceptors (Lipinski definition) is 4. The van der Waals surface area contributed by atoms with E-state index < -0.39 is 0 Å². The minimum atomic E-state index is -0.295. The van der Waals surface area contributed by atoms with Gasteiger partial charge in [0.25, 0.3) is 0 Å². The molecule has 0 atom stereocenters. The molecular weight excluding hydrogens is 314 g/mol. The summed E-state index contributed by atoms with van der Waals surface area (Å²) in [5.41, 5.74) is 1.80. The minimum Gasteiger partial charge on any atom is -0.465 e. The van der Waals surface area contributed by atoms with Crippen molar-refractivity contribution in [2.75, 3.05) is 31.7 Å². The molecule has 1 fully saturated rings. The van der Waals surface area contributed by atoms with Gasteiger partial charge in [0.2, 0.25) is 0 Å². The summed E-state index contributed by atoms with van der Waals surface area (Å²) in [7, 11) is 1.40. The minimum absolute atomic E-state index is 0.295. The Kier molecular flexibility index (Phi) is 5.09. The summed E-state index contributed by atoms with van der Waals surface area (Å²) in [6.07, 6.45) is 0. The van der Waals surface area contributed by atoms with Crippen molar-refractivity contribution < 1.29 is 9.53 Å². The maximum Gasteiger partial charge on any atom is 0.337 e. The summed E-state index contributed by atoms with van der Waals surface area (Å²) in [6, 6.07) is 5.66. The van der Waals surface area contributed by atoms with E-state index in [9.17, 15) is 4.79 Å². The number of benzene rings is 1. The van der Waals surface area contributed by atoms with Crippen LogP contribution in [-0.4, -0.2) is 42.6 Å². The Bertz CT molecular complexity index is 433. The molecule has 0 amide bonds. The first-order valence-corrected chi connectivity index (χ1v) is 7.82. The summed E-state index contributed by atoms with van der Waals surface area (Å²) in [6.45, 7) is 3.20. The van der Waals surface area contributed by atoms with Crippen molar-refractivity contribution in [2.24, 2.45) is 0 Å². The van der Waals surface area contributed by atoms with Crippen LogP contribution in [0.3, 0.4) is 0 Å². The van der Waals surface area contributed by atoms with Crippen LogP contribution in [0.25, 0.3) is 0 Å². The van der Waals surface area contributed by atoms with Crippen LogP contribution in [0.1, 0.15) is 15.9 Å². The molecule has 0 unspecified atom stereocenters. The van der Waals surface area contributed by atoms with Crippen molar-refractivity contribution >= 4 is 33.7 Å². The third kappa shape index (κ3) is 3.49. The lowest BCUT2D eigenvalue weighted by molar-refractivity contribution is 0.0600. The average Bonchev–Trinajstić information content (AvgIpc) is 2.41. The Hall–Kier alpha value is -0.520. The Balaban J connectivity index is 2.07. The first-order valence-electron chi connectivity index (χ1n) is 5.87. The van der Waals surface area contributed by atoms with Gasteiger partial charge in [0.1, 0.15) is 0 Å². The molecule has 1 heterocycles. The third-order valence-corrected chi connectivity index (χ3v) is 4.65. The maximum absolute atomic E-state index is 11.4. The zero-order valence-corrected chi connectivity index (χ0v) is 12.7. The molecule has 0 bridgehead atoms. The van der Waals surface area contributed by atoms with Gasteiger partial charge in [-0.1, -0.05) is 22.0 Å². The lowest BCUT2D eigenvalue weighted by Gasteiger charge is -2.26. The van der Waals surface area contributed by atoms with E-state index in [1.165, 1.54) is 24.2 Å². The molecular formula is C13H16BrNO2S. The monoisotopic (exact) mass is 329 g/mol. The lowest BCUT2D eigenvalue weighted by atomic mass is 10.1. The molecule has 5 heteroatoms. The number of esters is 1. The van der Waals surface area contributed by atoms with Crippen LogP contribution in [-0.2, 0) is 11.3 Å². The van der Waals surface area contributed by atoms with Crippen LogP contribution >= 0.6 is 27.7 Å². The molecule has 0 aliphatic carbocycles. The largest absolute Gasteiger partial charge is 0.465 e. The van der Waals surface area contributed by atoms with E-state index in [4.69, 9.17) is 4.74 Å². The van der Waals surface area contributed by atoms with Crippen LogP contribution in [0.15, 0.2) is 22.7 Å². The molecule has 0 saturated carbocycles. The van der Waals surface area contributed by atoms with Gasteiger partial charge in [-0.05, 0) is 17.7 Å². The van der Waals surface area contributed by atoms with Crippen LogP contribution in [0.2, 0.25) is 0 Å². The average molecular weight is 330 g/mol. The predicted octanol–water partition coefficient (Wildman–Crippen LogP) is 2.78. The van der Waals surface area contributed by atoms with E-state index in [1.54, 1.807) is 0 Å². The molecule has 0 spiro atoms. The van der Waals surface area contributed by atoms with Crippen molar-refractivity contribution in [3.05, 3.63) is 33.8 Å². The van der Waals surface area contributed by atoms with Gasteiger partial charge >= 0.3 is 5.97 Å². The molecule has 0 N–H and O–H groups in total. The fourth-order valence-electron chi connectivity index (χ4n) is 1.92. The van der Waals surface area contributed by atoms with Crippen LogP contribution < -0.4 is 0 Å². The smallest absolute Gasteiger partial charge is 0.337 e. The van der Waals surface area contributed by atoms with Crippen LogP contribution in [0.4, 0.5) is 0 Å².